The third kappa shape index (κ3) is 6.26. The number of thiocarbonyl (C=S) groups is 1. The van der Waals surface area contributed by atoms with Gasteiger partial charge in [0, 0.05) is 11.8 Å². The summed E-state index contributed by atoms with van der Waals surface area (Å²) in [5.74, 6) is 1.08. The molecule has 2 aromatic rings. The number of furan rings is 1. The lowest BCUT2D eigenvalue weighted by atomic mass is 10.3. The van der Waals surface area contributed by atoms with Crippen LogP contribution in [0.2, 0.25) is 0 Å². The second-order valence-corrected chi connectivity index (χ2v) is 5.43. The molecule has 0 saturated heterocycles. The van der Waals surface area contributed by atoms with E-state index in [1.165, 1.54) is 6.08 Å². The van der Waals surface area contributed by atoms with Crippen molar-refractivity contribution in [1.82, 2.24) is 5.32 Å². The Kier molecular flexibility index (Phi) is 7.04. The molecule has 2 N–H and O–H groups in total. The van der Waals surface area contributed by atoms with Crippen LogP contribution in [-0.4, -0.2) is 17.6 Å². The third-order valence-electron chi connectivity index (χ3n) is 3.06. The number of hydrogen-bond acceptors (Lipinski definition) is 4. The van der Waals surface area contributed by atoms with Gasteiger partial charge in [0.2, 0.25) is 5.91 Å². The molecule has 0 aliphatic heterocycles. The topological polar surface area (TPSA) is 63.5 Å². The summed E-state index contributed by atoms with van der Waals surface area (Å²) in [7, 11) is 0. The molecule has 1 amide bonds. The first-order valence-corrected chi connectivity index (χ1v) is 8.14. The van der Waals surface area contributed by atoms with Crippen molar-refractivity contribution in [2.24, 2.45) is 0 Å². The molecule has 1 aromatic heterocycles. The predicted molar refractivity (Wildman–Crippen MR) is 99.0 cm³/mol. The Morgan fingerprint density at radius 1 is 1.29 bits per heavy atom. The smallest absolute Gasteiger partial charge is 0.250 e. The Labute approximate surface area is 146 Å². The van der Waals surface area contributed by atoms with Crippen molar-refractivity contribution in [2.75, 3.05) is 11.9 Å². The normalized spacial score (nSPS) is 10.5. The van der Waals surface area contributed by atoms with Crippen LogP contribution in [0.1, 0.15) is 25.5 Å². The highest BCUT2D eigenvalue weighted by Gasteiger charge is 2.02. The van der Waals surface area contributed by atoms with Gasteiger partial charge in [0.05, 0.1) is 12.9 Å². The van der Waals surface area contributed by atoms with Crippen LogP contribution in [0.4, 0.5) is 5.69 Å². The van der Waals surface area contributed by atoms with Crippen molar-refractivity contribution in [3.63, 3.8) is 0 Å². The van der Waals surface area contributed by atoms with E-state index < -0.39 is 0 Å². The fourth-order valence-electron chi connectivity index (χ4n) is 1.83. The maximum absolute atomic E-state index is 11.8. The van der Waals surface area contributed by atoms with Gasteiger partial charge in [-0.15, -0.1) is 0 Å². The highest BCUT2D eigenvalue weighted by atomic mass is 32.1. The lowest BCUT2D eigenvalue weighted by molar-refractivity contribution is -0.115. The summed E-state index contributed by atoms with van der Waals surface area (Å²) >= 11 is 5.11. The summed E-state index contributed by atoms with van der Waals surface area (Å²) in [5.41, 5.74) is 0.776. The molecule has 0 atom stereocenters. The SMILES string of the molecule is CCCCOc1ccc(NC(=S)NC(=O)C=Cc2ccco2)cc1. The Morgan fingerprint density at radius 2 is 2.08 bits per heavy atom. The molecule has 24 heavy (non-hydrogen) atoms. The molecule has 0 aliphatic rings. The number of nitrogens with one attached hydrogen (secondary N) is 2. The lowest BCUT2D eigenvalue weighted by Crippen LogP contribution is -2.32. The van der Waals surface area contributed by atoms with Crippen LogP contribution in [0, 0.1) is 0 Å². The molecule has 0 radical (unpaired) electrons. The summed E-state index contributed by atoms with van der Waals surface area (Å²) in [4.78, 5) is 11.8. The first kappa shape index (κ1) is 17.7. The standard InChI is InChI=1S/C18H20N2O3S/c1-2-3-12-22-16-8-6-14(7-9-16)19-18(24)20-17(21)11-10-15-5-4-13-23-15/h4-11,13H,2-3,12H2,1H3,(H2,19,20,21,24). The largest absolute Gasteiger partial charge is 0.494 e. The Hall–Kier alpha value is -2.60. The van der Waals surface area contributed by atoms with E-state index in [9.17, 15) is 4.79 Å². The molecule has 126 valence electrons. The quantitative estimate of drug-likeness (QED) is 0.452. The molecule has 0 aliphatic carbocycles. The van der Waals surface area contributed by atoms with Gasteiger partial charge < -0.3 is 14.5 Å². The first-order chi connectivity index (χ1) is 11.7. The Morgan fingerprint density at radius 3 is 2.75 bits per heavy atom. The minimum atomic E-state index is -0.330. The van der Waals surface area contributed by atoms with Crippen molar-refractivity contribution >= 4 is 35.0 Å². The minimum Gasteiger partial charge on any atom is -0.494 e. The van der Waals surface area contributed by atoms with E-state index in [-0.39, 0.29) is 11.0 Å². The fourth-order valence-corrected chi connectivity index (χ4v) is 2.05. The molecule has 0 fully saturated rings. The number of amides is 1. The van der Waals surface area contributed by atoms with Gasteiger partial charge in [-0.3, -0.25) is 10.1 Å². The average Bonchev–Trinajstić information content (AvgIpc) is 3.08. The maximum Gasteiger partial charge on any atom is 0.250 e. The molecular weight excluding hydrogens is 324 g/mol. The Balaban J connectivity index is 1.78. The second kappa shape index (κ2) is 9.52. The van der Waals surface area contributed by atoms with E-state index in [0.717, 1.165) is 24.3 Å². The first-order valence-electron chi connectivity index (χ1n) is 7.74. The minimum absolute atomic E-state index is 0.226. The molecule has 1 heterocycles. The monoisotopic (exact) mass is 344 g/mol. The summed E-state index contributed by atoms with van der Waals surface area (Å²) in [6.07, 6.45) is 6.60. The van der Waals surface area contributed by atoms with Gasteiger partial charge in [0.25, 0.3) is 0 Å². The highest BCUT2D eigenvalue weighted by Crippen LogP contribution is 2.16. The van der Waals surface area contributed by atoms with Gasteiger partial charge in [-0.05, 0) is 61.1 Å². The zero-order valence-electron chi connectivity index (χ0n) is 13.5. The van der Waals surface area contributed by atoms with E-state index in [4.69, 9.17) is 21.4 Å². The number of ether oxygens (including phenoxy) is 1. The van der Waals surface area contributed by atoms with Crippen LogP contribution in [0.15, 0.2) is 53.2 Å². The van der Waals surface area contributed by atoms with E-state index in [0.29, 0.717) is 12.4 Å². The summed E-state index contributed by atoms with van der Waals surface area (Å²) in [6.45, 7) is 2.83. The Bertz CT molecular complexity index is 679. The molecule has 6 heteroatoms. The van der Waals surface area contributed by atoms with Gasteiger partial charge in [-0.25, -0.2) is 0 Å². The van der Waals surface area contributed by atoms with E-state index >= 15 is 0 Å². The zero-order valence-corrected chi connectivity index (χ0v) is 14.3. The number of carbonyl (C=O) groups excluding carboxylic acids is 1. The van der Waals surface area contributed by atoms with Gasteiger partial charge >= 0.3 is 0 Å². The summed E-state index contributed by atoms with van der Waals surface area (Å²) in [6, 6.07) is 10.9. The van der Waals surface area contributed by atoms with Crippen molar-refractivity contribution in [2.45, 2.75) is 19.8 Å². The van der Waals surface area contributed by atoms with Crippen molar-refractivity contribution in [3.05, 3.63) is 54.5 Å². The number of hydrogen-bond donors (Lipinski definition) is 2. The highest BCUT2D eigenvalue weighted by molar-refractivity contribution is 7.80. The van der Waals surface area contributed by atoms with Crippen molar-refractivity contribution in [3.8, 4) is 5.75 Å². The van der Waals surface area contributed by atoms with Crippen LogP contribution < -0.4 is 15.4 Å². The molecule has 1 aromatic carbocycles. The summed E-state index contributed by atoms with van der Waals surface area (Å²) in [5, 5.41) is 5.74. The molecule has 0 bridgehead atoms. The van der Waals surface area contributed by atoms with Gasteiger partial charge in [0.15, 0.2) is 5.11 Å². The van der Waals surface area contributed by atoms with Crippen LogP contribution in [0.25, 0.3) is 6.08 Å². The fraction of sp³-hybridized carbons (Fsp3) is 0.222. The number of anilines is 1. The molecule has 0 saturated carbocycles. The van der Waals surface area contributed by atoms with Gasteiger partial charge in [0.1, 0.15) is 11.5 Å². The van der Waals surface area contributed by atoms with Crippen molar-refractivity contribution < 1.29 is 13.9 Å². The second-order valence-electron chi connectivity index (χ2n) is 5.02. The molecule has 0 spiro atoms. The van der Waals surface area contributed by atoms with E-state index in [2.05, 4.69) is 17.6 Å². The van der Waals surface area contributed by atoms with Crippen LogP contribution in [0.5, 0.6) is 5.75 Å². The molecule has 0 unspecified atom stereocenters. The van der Waals surface area contributed by atoms with Gasteiger partial charge in [-0.2, -0.15) is 0 Å². The van der Waals surface area contributed by atoms with Crippen LogP contribution >= 0.6 is 12.2 Å². The zero-order chi connectivity index (χ0) is 17.2. The van der Waals surface area contributed by atoms with Crippen LogP contribution in [0.3, 0.4) is 0 Å². The molecular formula is C18H20N2O3S. The molecule has 5 nitrogen and oxygen atoms in total. The summed E-state index contributed by atoms with van der Waals surface area (Å²) < 4.78 is 10.7. The number of unbranched alkanes of at least 4 members (excludes halogenated alkanes) is 1. The van der Waals surface area contributed by atoms with Gasteiger partial charge in [-0.1, -0.05) is 13.3 Å². The number of rotatable bonds is 7. The van der Waals surface area contributed by atoms with Crippen LogP contribution in [-0.2, 0) is 4.79 Å². The lowest BCUT2D eigenvalue weighted by Gasteiger charge is -2.09. The molecule has 2 rings (SSSR count). The predicted octanol–water partition coefficient (Wildman–Crippen LogP) is 3.98. The van der Waals surface area contributed by atoms with E-state index in [1.807, 2.05) is 24.3 Å². The third-order valence-corrected chi connectivity index (χ3v) is 3.26. The maximum atomic E-state index is 11.8. The number of carbonyl (C=O) groups is 1. The average molecular weight is 344 g/mol. The van der Waals surface area contributed by atoms with E-state index in [1.54, 1.807) is 24.5 Å². The number of benzene rings is 1. The van der Waals surface area contributed by atoms with Crippen molar-refractivity contribution in [1.29, 1.82) is 0 Å².